The Balaban J connectivity index is 4.09. The number of carboxylic acid groups (broad SMARTS) is 1. The molecule has 1 amide bonds. The van der Waals surface area contributed by atoms with Gasteiger partial charge in [-0.05, 0) is 25.2 Å². The van der Waals surface area contributed by atoms with Gasteiger partial charge < -0.3 is 10.4 Å². The maximum absolute atomic E-state index is 10.8. The van der Waals surface area contributed by atoms with Gasteiger partial charge in [0.25, 0.3) is 0 Å². The summed E-state index contributed by atoms with van der Waals surface area (Å²) in [5, 5.41) is 11.3. The van der Waals surface area contributed by atoms with Crippen LogP contribution in [0.3, 0.4) is 0 Å². The molecule has 0 radical (unpaired) electrons. The van der Waals surface area contributed by atoms with Gasteiger partial charge in [-0.1, -0.05) is 13.0 Å². The number of aliphatic carboxylic acids is 1. The zero-order valence-electron chi connectivity index (χ0n) is 9.32. The van der Waals surface area contributed by atoms with Gasteiger partial charge in [0.15, 0.2) is 0 Å². The fourth-order valence-corrected chi connectivity index (χ4v) is 1.39. The molecule has 86 valence electrons. The van der Waals surface area contributed by atoms with E-state index in [0.717, 1.165) is 12.8 Å². The van der Waals surface area contributed by atoms with Crippen LogP contribution in [0.1, 0.15) is 33.1 Å². The maximum atomic E-state index is 10.8. The second kappa shape index (κ2) is 7.04. The summed E-state index contributed by atoms with van der Waals surface area (Å²) in [5.74, 6) is -1.02. The standard InChI is InChI=1S/C11H19NO3/c1-4-5-6-8(2)7-10(11(14)15)12-9(3)13/h4,8,10H,1,5-7H2,2-3H3,(H,12,13)(H,14,15). The Morgan fingerprint density at radius 2 is 2.13 bits per heavy atom. The topological polar surface area (TPSA) is 66.4 Å². The van der Waals surface area contributed by atoms with Gasteiger partial charge in [0.1, 0.15) is 6.04 Å². The number of allylic oxidation sites excluding steroid dienone is 1. The van der Waals surface area contributed by atoms with Gasteiger partial charge in [-0.3, -0.25) is 4.79 Å². The van der Waals surface area contributed by atoms with E-state index in [1.165, 1.54) is 6.92 Å². The molecule has 0 aromatic carbocycles. The number of amides is 1. The molecule has 0 saturated carbocycles. The fraction of sp³-hybridized carbons (Fsp3) is 0.636. The molecule has 0 heterocycles. The summed E-state index contributed by atoms with van der Waals surface area (Å²) in [4.78, 5) is 21.6. The van der Waals surface area contributed by atoms with E-state index in [1.807, 2.05) is 13.0 Å². The van der Waals surface area contributed by atoms with Gasteiger partial charge in [0.2, 0.25) is 5.91 Å². The molecule has 0 aromatic heterocycles. The molecule has 4 nitrogen and oxygen atoms in total. The summed E-state index contributed by atoms with van der Waals surface area (Å²) >= 11 is 0. The van der Waals surface area contributed by atoms with Gasteiger partial charge in [-0.25, -0.2) is 4.79 Å². The highest BCUT2D eigenvalue weighted by molar-refractivity contribution is 5.81. The van der Waals surface area contributed by atoms with Crippen molar-refractivity contribution in [1.82, 2.24) is 5.32 Å². The molecule has 2 unspecified atom stereocenters. The Hall–Kier alpha value is -1.32. The first-order valence-electron chi connectivity index (χ1n) is 5.08. The summed E-state index contributed by atoms with van der Waals surface area (Å²) in [5.41, 5.74) is 0. The quantitative estimate of drug-likeness (QED) is 0.631. The zero-order valence-corrected chi connectivity index (χ0v) is 9.32. The van der Waals surface area contributed by atoms with Gasteiger partial charge in [0.05, 0.1) is 0 Å². The Morgan fingerprint density at radius 3 is 2.53 bits per heavy atom. The molecule has 4 heteroatoms. The van der Waals surface area contributed by atoms with Crippen molar-refractivity contribution < 1.29 is 14.7 Å². The third kappa shape index (κ3) is 6.71. The minimum atomic E-state index is -0.976. The summed E-state index contributed by atoms with van der Waals surface area (Å²) < 4.78 is 0. The molecule has 0 aliphatic rings. The van der Waals surface area contributed by atoms with E-state index in [2.05, 4.69) is 11.9 Å². The van der Waals surface area contributed by atoms with Crippen molar-refractivity contribution in [2.75, 3.05) is 0 Å². The van der Waals surface area contributed by atoms with E-state index in [4.69, 9.17) is 5.11 Å². The highest BCUT2D eigenvalue weighted by Gasteiger charge is 2.20. The van der Waals surface area contributed by atoms with Gasteiger partial charge >= 0.3 is 5.97 Å². The smallest absolute Gasteiger partial charge is 0.326 e. The molecule has 0 aromatic rings. The second-order valence-corrected chi connectivity index (χ2v) is 3.80. The molecule has 0 fully saturated rings. The lowest BCUT2D eigenvalue weighted by atomic mass is 9.97. The predicted octanol–water partition coefficient (Wildman–Crippen LogP) is 1.57. The molecule has 15 heavy (non-hydrogen) atoms. The van der Waals surface area contributed by atoms with Crippen molar-refractivity contribution in [2.24, 2.45) is 5.92 Å². The molecule has 0 aliphatic carbocycles. The largest absolute Gasteiger partial charge is 0.480 e. The highest BCUT2D eigenvalue weighted by atomic mass is 16.4. The van der Waals surface area contributed by atoms with Crippen molar-refractivity contribution in [3.05, 3.63) is 12.7 Å². The number of hydrogen-bond acceptors (Lipinski definition) is 2. The monoisotopic (exact) mass is 213 g/mol. The first-order chi connectivity index (χ1) is 6.97. The lowest BCUT2D eigenvalue weighted by Crippen LogP contribution is -2.40. The van der Waals surface area contributed by atoms with Crippen LogP contribution in [0.15, 0.2) is 12.7 Å². The van der Waals surface area contributed by atoms with E-state index in [1.54, 1.807) is 0 Å². The van der Waals surface area contributed by atoms with E-state index in [0.29, 0.717) is 6.42 Å². The van der Waals surface area contributed by atoms with Crippen LogP contribution >= 0.6 is 0 Å². The van der Waals surface area contributed by atoms with Gasteiger partial charge in [-0.2, -0.15) is 0 Å². The van der Waals surface area contributed by atoms with Crippen LogP contribution in [-0.4, -0.2) is 23.0 Å². The summed E-state index contributed by atoms with van der Waals surface area (Å²) in [6.45, 7) is 6.91. The Morgan fingerprint density at radius 1 is 1.53 bits per heavy atom. The van der Waals surface area contributed by atoms with Gasteiger partial charge in [-0.15, -0.1) is 6.58 Å². The first-order valence-corrected chi connectivity index (χ1v) is 5.08. The van der Waals surface area contributed by atoms with E-state index in [-0.39, 0.29) is 11.8 Å². The van der Waals surface area contributed by atoms with Crippen LogP contribution in [0.4, 0.5) is 0 Å². The average Bonchev–Trinajstić information content (AvgIpc) is 2.12. The minimum absolute atomic E-state index is 0.260. The molecular formula is C11H19NO3. The SMILES string of the molecule is C=CCCC(C)CC(NC(C)=O)C(=O)O. The van der Waals surface area contributed by atoms with Crippen molar-refractivity contribution in [1.29, 1.82) is 0 Å². The van der Waals surface area contributed by atoms with Crippen LogP contribution in [-0.2, 0) is 9.59 Å². The van der Waals surface area contributed by atoms with E-state index < -0.39 is 12.0 Å². The number of nitrogens with one attached hydrogen (secondary N) is 1. The third-order valence-electron chi connectivity index (χ3n) is 2.18. The Kier molecular flexibility index (Phi) is 6.42. The maximum Gasteiger partial charge on any atom is 0.326 e. The van der Waals surface area contributed by atoms with Crippen molar-refractivity contribution in [3.8, 4) is 0 Å². The Labute approximate surface area is 90.4 Å². The summed E-state index contributed by atoms with van der Waals surface area (Å²) in [6, 6.07) is -0.776. The molecular weight excluding hydrogens is 194 g/mol. The minimum Gasteiger partial charge on any atom is -0.480 e. The lowest BCUT2D eigenvalue weighted by Gasteiger charge is -2.17. The lowest BCUT2D eigenvalue weighted by molar-refractivity contribution is -0.142. The van der Waals surface area contributed by atoms with Crippen molar-refractivity contribution in [2.45, 2.75) is 39.2 Å². The van der Waals surface area contributed by atoms with Gasteiger partial charge in [0, 0.05) is 6.92 Å². The zero-order chi connectivity index (χ0) is 11.8. The fourth-order valence-electron chi connectivity index (χ4n) is 1.39. The molecule has 0 bridgehead atoms. The Bertz CT molecular complexity index is 238. The third-order valence-corrected chi connectivity index (χ3v) is 2.18. The van der Waals surface area contributed by atoms with Crippen LogP contribution in [0, 0.1) is 5.92 Å². The van der Waals surface area contributed by atoms with E-state index in [9.17, 15) is 9.59 Å². The number of carbonyl (C=O) groups excluding carboxylic acids is 1. The van der Waals surface area contributed by atoms with Crippen molar-refractivity contribution in [3.63, 3.8) is 0 Å². The number of rotatable bonds is 7. The molecule has 2 N–H and O–H groups in total. The van der Waals surface area contributed by atoms with E-state index >= 15 is 0 Å². The van der Waals surface area contributed by atoms with Crippen LogP contribution in [0.25, 0.3) is 0 Å². The number of hydrogen-bond donors (Lipinski definition) is 2. The molecule has 0 saturated heterocycles. The van der Waals surface area contributed by atoms with Crippen LogP contribution < -0.4 is 5.32 Å². The molecule has 0 rings (SSSR count). The highest BCUT2D eigenvalue weighted by Crippen LogP contribution is 2.13. The normalized spacial score (nSPS) is 14.0. The van der Waals surface area contributed by atoms with Crippen LogP contribution in [0.5, 0.6) is 0 Å². The number of carbonyl (C=O) groups is 2. The first kappa shape index (κ1) is 13.7. The molecule has 0 spiro atoms. The van der Waals surface area contributed by atoms with Crippen molar-refractivity contribution >= 4 is 11.9 Å². The van der Waals surface area contributed by atoms with Crippen LogP contribution in [0.2, 0.25) is 0 Å². The molecule has 0 aliphatic heterocycles. The predicted molar refractivity (Wildman–Crippen MR) is 58.5 cm³/mol. The second-order valence-electron chi connectivity index (χ2n) is 3.80. The summed E-state index contributed by atoms with van der Waals surface area (Å²) in [6.07, 6.45) is 4.04. The summed E-state index contributed by atoms with van der Waals surface area (Å²) in [7, 11) is 0. The average molecular weight is 213 g/mol. The molecule has 2 atom stereocenters. The number of carboxylic acids is 1.